The lowest BCUT2D eigenvalue weighted by atomic mass is 10.1. The Hall–Kier alpha value is -4.19. The largest absolute Gasteiger partial charge is 0.462 e. The molecule has 0 saturated heterocycles. The summed E-state index contributed by atoms with van der Waals surface area (Å²) in [6, 6.07) is 0. The Balaban J connectivity index is 4.42. The van der Waals surface area contributed by atoms with E-state index < -0.39 is 6.10 Å². The van der Waals surface area contributed by atoms with Crippen LogP contribution in [0.1, 0.15) is 278 Å². The standard InChI is InChI=1S/C69H114O6/c1-4-7-10-13-16-19-22-25-27-29-31-33-34-36-37-39-41-44-47-50-53-56-59-62-68(71)74-65-66(64-73-67(70)61-58-55-52-49-46-43-24-21-18-15-12-9-6-3)75-69(72)63-60-57-54-51-48-45-42-40-38-35-32-30-28-26-23-20-17-14-11-8-5-2/h7,9-10,12,16,18-19,21,25,27,30-33,36-37,43,46,52,55,66H,4-6,8,11,13-15,17,20,22-24,26,28-29,34-35,38-42,44-45,47-51,53-54,56-65H2,1-3H3/b10-7-,12-9-,19-16-,21-18-,27-25-,32-30-,33-31-,37-36-,46-43-,55-52-. The van der Waals surface area contributed by atoms with Crippen LogP contribution in [0.3, 0.4) is 0 Å². The first-order valence-electron chi connectivity index (χ1n) is 31.0. The number of carbonyl (C=O) groups excluding carboxylic acids is 3. The summed E-state index contributed by atoms with van der Waals surface area (Å²) >= 11 is 0. The third-order valence-electron chi connectivity index (χ3n) is 12.9. The predicted octanol–water partition coefficient (Wildman–Crippen LogP) is 21.2. The molecule has 0 heterocycles. The number of ether oxygens (including phenoxy) is 3. The van der Waals surface area contributed by atoms with E-state index in [9.17, 15) is 14.4 Å². The van der Waals surface area contributed by atoms with Gasteiger partial charge in [-0.15, -0.1) is 0 Å². The first kappa shape index (κ1) is 70.8. The van der Waals surface area contributed by atoms with Crippen LogP contribution in [0.25, 0.3) is 0 Å². The van der Waals surface area contributed by atoms with Crippen LogP contribution >= 0.6 is 0 Å². The Labute approximate surface area is 462 Å². The highest BCUT2D eigenvalue weighted by Crippen LogP contribution is 2.15. The number of allylic oxidation sites excluding steroid dienone is 20. The van der Waals surface area contributed by atoms with Crippen molar-refractivity contribution in [3.8, 4) is 0 Å². The van der Waals surface area contributed by atoms with Crippen LogP contribution in [-0.4, -0.2) is 37.2 Å². The molecule has 0 saturated carbocycles. The van der Waals surface area contributed by atoms with Gasteiger partial charge in [-0.3, -0.25) is 14.4 Å². The lowest BCUT2D eigenvalue weighted by Gasteiger charge is -2.18. The molecule has 0 aromatic rings. The van der Waals surface area contributed by atoms with E-state index in [4.69, 9.17) is 14.2 Å². The van der Waals surface area contributed by atoms with Crippen LogP contribution < -0.4 is 0 Å². The number of hydrogen-bond donors (Lipinski definition) is 0. The molecule has 6 heteroatoms. The van der Waals surface area contributed by atoms with E-state index in [0.29, 0.717) is 19.3 Å². The van der Waals surface area contributed by atoms with Gasteiger partial charge in [-0.2, -0.15) is 0 Å². The Kier molecular flexibility index (Phi) is 58.9. The minimum Gasteiger partial charge on any atom is -0.462 e. The van der Waals surface area contributed by atoms with Gasteiger partial charge in [0.15, 0.2) is 6.10 Å². The van der Waals surface area contributed by atoms with Crippen molar-refractivity contribution in [2.75, 3.05) is 13.2 Å². The maximum absolute atomic E-state index is 12.9. The maximum Gasteiger partial charge on any atom is 0.306 e. The molecule has 0 aromatic heterocycles. The van der Waals surface area contributed by atoms with Crippen molar-refractivity contribution in [3.05, 3.63) is 122 Å². The third-order valence-corrected chi connectivity index (χ3v) is 12.9. The first-order valence-corrected chi connectivity index (χ1v) is 31.0. The van der Waals surface area contributed by atoms with Crippen LogP contribution in [-0.2, 0) is 28.6 Å². The Morgan fingerprint density at radius 3 is 0.907 bits per heavy atom. The van der Waals surface area contributed by atoms with Gasteiger partial charge < -0.3 is 14.2 Å². The zero-order valence-corrected chi connectivity index (χ0v) is 48.8. The molecular formula is C69H114O6. The summed E-state index contributed by atoms with van der Waals surface area (Å²) in [5, 5.41) is 0. The van der Waals surface area contributed by atoms with Gasteiger partial charge in [-0.05, 0) is 116 Å². The fraction of sp³-hybridized carbons (Fsp3) is 0.667. The summed E-state index contributed by atoms with van der Waals surface area (Å²) in [7, 11) is 0. The molecule has 426 valence electrons. The monoisotopic (exact) mass is 1040 g/mol. The van der Waals surface area contributed by atoms with Crippen LogP contribution in [0.4, 0.5) is 0 Å². The van der Waals surface area contributed by atoms with Gasteiger partial charge in [0.25, 0.3) is 0 Å². The number of unbranched alkanes of at least 4 members (excludes halogenated alkanes) is 24. The molecule has 0 N–H and O–H groups in total. The molecule has 0 amide bonds. The molecule has 0 aliphatic heterocycles. The zero-order chi connectivity index (χ0) is 54.3. The van der Waals surface area contributed by atoms with Crippen molar-refractivity contribution in [1.82, 2.24) is 0 Å². The van der Waals surface area contributed by atoms with Crippen LogP contribution in [0, 0.1) is 0 Å². The van der Waals surface area contributed by atoms with Gasteiger partial charge in [0.1, 0.15) is 13.2 Å². The van der Waals surface area contributed by atoms with Gasteiger partial charge >= 0.3 is 17.9 Å². The van der Waals surface area contributed by atoms with Gasteiger partial charge in [0.05, 0.1) is 0 Å². The van der Waals surface area contributed by atoms with Gasteiger partial charge in [-0.1, -0.05) is 264 Å². The Morgan fingerprint density at radius 1 is 0.280 bits per heavy atom. The Bertz CT molecular complexity index is 1570. The second-order valence-corrected chi connectivity index (χ2v) is 20.2. The SMILES string of the molecule is CC/C=C\C/C=C\C/C=C\C/C=C\C/C=C\CCCCCCCCCC(=O)OCC(COC(=O)CC/C=C\C/C=C\C/C=C\C/C=C\CC)OC(=O)CCCCCCCCCCC/C=C\CCCCCCCCCC. The fourth-order valence-electron chi connectivity index (χ4n) is 8.36. The maximum atomic E-state index is 12.9. The molecule has 6 nitrogen and oxygen atoms in total. The van der Waals surface area contributed by atoms with E-state index in [2.05, 4.69) is 136 Å². The Morgan fingerprint density at radius 2 is 0.547 bits per heavy atom. The zero-order valence-electron chi connectivity index (χ0n) is 48.8. The molecule has 0 radical (unpaired) electrons. The average Bonchev–Trinajstić information content (AvgIpc) is 3.41. The van der Waals surface area contributed by atoms with Gasteiger partial charge in [-0.25, -0.2) is 0 Å². The number of rotatable bonds is 55. The van der Waals surface area contributed by atoms with Crippen LogP contribution in [0.2, 0.25) is 0 Å². The van der Waals surface area contributed by atoms with Crippen molar-refractivity contribution in [2.45, 2.75) is 284 Å². The minimum absolute atomic E-state index is 0.109. The highest BCUT2D eigenvalue weighted by molar-refractivity contribution is 5.71. The highest BCUT2D eigenvalue weighted by atomic mass is 16.6. The highest BCUT2D eigenvalue weighted by Gasteiger charge is 2.19. The van der Waals surface area contributed by atoms with Crippen LogP contribution in [0.15, 0.2) is 122 Å². The van der Waals surface area contributed by atoms with Crippen molar-refractivity contribution in [1.29, 1.82) is 0 Å². The fourth-order valence-corrected chi connectivity index (χ4v) is 8.36. The summed E-state index contributed by atoms with van der Waals surface area (Å²) in [6.45, 7) is 6.35. The van der Waals surface area contributed by atoms with Crippen LogP contribution in [0.5, 0.6) is 0 Å². The summed E-state index contributed by atoms with van der Waals surface area (Å²) in [5.74, 6) is -1.00. The molecule has 1 atom stereocenters. The smallest absolute Gasteiger partial charge is 0.306 e. The summed E-state index contributed by atoms with van der Waals surface area (Å²) in [5.41, 5.74) is 0. The van der Waals surface area contributed by atoms with Crippen molar-refractivity contribution < 1.29 is 28.6 Å². The van der Waals surface area contributed by atoms with Crippen molar-refractivity contribution in [3.63, 3.8) is 0 Å². The molecule has 0 aliphatic rings. The second kappa shape index (κ2) is 62.4. The lowest BCUT2D eigenvalue weighted by molar-refractivity contribution is -0.166. The van der Waals surface area contributed by atoms with E-state index in [1.54, 1.807) is 0 Å². The molecule has 0 aromatic carbocycles. The van der Waals surface area contributed by atoms with E-state index in [-0.39, 0.29) is 37.5 Å². The number of carbonyl (C=O) groups is 3. The van der Waals surface area contributed by atoms with Crippen molar-refractivity contribution >= 4 is 17.9 Å². The van der Waals surface area contributed by atoms with Crippen molar-refractivity contribution in [2.24, 2.45) is 0 Å². The van der Waals surface area contributed by atoms with E-state index in [0.717, 1.165) is 103 Å². The third kappa shape index (κ3) is 60.6. The quantitative estimate of drug-likeness (QED) is 0.0261. The molecule has 75 heavy (non-hydrogen) atoms. The normalized spacial score (nSPS) is 12.9. The summed E-state index contributed by atoms with van der Waals surface area (Å²) in [6.07, 6.45) is 86.4. The van der Waals surface area contributed by atoms with E-state index >= 15 is 0 Å². The molecular weight excluding hydrogens is 925 g/mol. The molecule has 0 bridgehead atoms. The predicted molar refractivity (Wildman–Crippen MR) is 325 cm³/mol. The molecule has 0 spiro atoms. The topological polar surface area (TPSA) is 78.9 Å². The molecule has 0 fully saturated rings. The van der Waals surface area contributed by atoms with E-state index in [1.807, 2.05) is 6.08 Å². The lowest BCUT2D eigenvalue weighted by Crippen LogP contribution is -2.30. The number of hydrogen-bond acceptors (Lipinski definition) is 6. The number of esters is 3. The summed E-state index contributed by atoms with van der Waals surface area (Å²) < 4.78 is 16.8. The first-order chi connectivity index (χ1) is 37.0. The van der Waals surface area contributed by atoms with Gasteiger partial charge in [0, 0.05) is 19.3 Å². The average molecular weight is 1040 g/mol. The molecule has 0 rings (SSSR count). The summed E-state index contributed by atoms with van der Waals surface area (Å²) in [4.78, 5) is 38.2. The molecule has 1 unspecified atom stereocenters. The minimum atomic E-state index is -0.817. The van der Waals surface area contributed by atoms with Gasteiger partial charge in [0.2, 0.25) is 0 Å². The van der Waals surface area contributed by atoms with E-state index in [1.165, 1.54) is 128 Å². The molecule has 0 aliphatic carbocycles. The second-order valence-electron chi connectivity index (χ2n) is 20.2.